The standard InChI is InChI=1S/C34H24Cl2FN3O6/c1-39-31(44)33(35)15-21-18(26(34(33,36)32(39)45)20-5-4-6-22(37)27(20)41)13-14-19-25(21)30(43)40(29(19)42)17-11-9-16(10-12-17)28-38-23-7-2-3-8-24(23)46-28/h2-13,19,21,25-26,41H,14-15H2,1H3/t19-,21+,25-,26+,33+,34-/m0/s1. The lowest BCUT2D eigenvalue weighted by molar-refractivity contribution is -0.138. The molecule has 2 aliphatic heterocycles. The average molecular weight is 660 g/mol. The summed E-state index contributed by atoms with van der Waals surface area (Å²) in [7, 11) is 1.26. The number of nitrogens with zero attached hydrogens (tertiary/aromatic N) is 3. The minimum atomic E-state index is -2.12. The van der Waals surface area contributed by atoms with Crippen LogP contribution in [0.4, 0.5) is 10.1 Å². The molecule has 2 aliphatic carbocycles. The van der Waals surface area contributed by atoms with Crippen molar-refractivity contribution < 1.29 is 33.1 Å². The Morgan fingerprint density at radius 3 is 2.41 bits per heavy atom. The number of likely N-dealkylation sites (tertiary alicyclic amines) is 1. The van der Waals surface area contributed by atoms with Crippen LogP contribution in [-0.2, 0) is 19.2 Å². The lowest BCUT2D eigenvalue weighted by atomic mass is 9.56. The molecule has 6 atom stereocenters. The Balaban J connectivity index is 1.19. The van der Waals surface area contributed by atoms with Crippen molar-refractivity contribution in [1.82, 2.24) is 9.88 Å². The van der Waals surface area contributed by atoms with E-state index >= 15 is 0 Å². The fourth-order valence-corrected chi connectivity index (χ4v) is 8.87. The zero-order valence-electron chi connectivity index (χ0n) is 24.1. The number of hydrogen-bond acceptors (Lipinski definition) is 7. The third-order valence-corrected chi connectivity index (χ3v) is 11.4. The van der Waals surface area contributed by atoms with Gasteiger partial charge in [0.05, 0.1) is 17.5 Å². The highest BCUT2D eigenvalue weighted by Gasteiger charge is 2.76. The lowest BCUT2D eigenvalue weighted by Gasteiger charge is -2.50. The Labute approximate surface area is 271 Å². The molecular weight excluding hydrogens is 636 g/mol. The fraction of sp³-hybridized carbons (Fsp3) is 0.265. The Morgan fingerprint density at radius 2 is 1.67 bits per heavy atom. The minimum absolute atomic E-state index is 0.0331. The van der Waals surface area contributed by atoms with Crippen molar-refractivity contribution in [2.45, 2.75) is 28.5 Å². The average Bonchev–Trinajstić information content (AvgIpc) is 3.64. The van der Waals surface area contributed by atoms with Crippen LogP contribution in [0.15, 0.2) is 82.8 Å². The van der Waals surface area contributed by atoms with Gasteiger partial charge in [-0.2, -0.15) is 0 Å². The van der Waals surface area contributed by atoms with Crippen molar-refractivity contribution in [2.75, 3.05) is 11.9 Å². The zero-order valence-corrected chi connectivity index (χ0v) is 25.6. The van der Waals surface area contributed by atoms with Crippen LogP contribution >= 0.6 is 23.2 Å². The molecule has 4 aromatic rings. The van der Waals surface area contributed by atoms with Gasteiger partial charge in [0.15, 0.2) is 26.9 Å². The number of phenols is 1. The molecule has 3 aromatic carbocycles. The van der Waals surface area contributed by atoms with E-state index in [4.69, 9.17) is 27.6 Å². The Bertz CT molecular complexity index is 2030. The second-order valence-electron chi connectivity index (χ2n) is 12.2. The molecule has 9 nitrogen and oxygen atoms in total. The quantitative estimate of drug-likeness (QED) is 0.174. The number of benzene rings is 3. The molecule has 3 heterocycles. The first-order valence-corrected chi connectivity index (χ1v) is 15.4. The predicted molar refractivity (Wildman–Crippen MR) is 165 cm³/mol. The SMILES string of the molecule is CN1C(=O)[C@]2(Cl)C[C@@H]3C(=CC[C@@H]4C(=O)N(c5ccc(-c6nc7ccccc7o6)cc5)C(=O)[C@@H]43)[C@H](c3cccc(F)c3O)[C@]2(Cl)C1=O. The van der Waals surface area contributed by atoms with Crippen molar-refractivity contribution in [1.29, 1.82) is 0 Å². The highest BCUT2D eigenvalue weighted by molar-refractivity contribution is 6.53. The number of anilines is 1. The third-order valence-electron chi connectivity index (χ3n) is 10.0. The first-order chi connectivity index (χ1) is 22.0. The number of hydrogen-bond donors (Lipinski definition) is 1. The van der Waals surface area contributed by atoms with E-state index in [1.54, 1.807) is 30.3 Å². The van der Waals surface area contributed by atoms with Crippen molar-refractivity contribution in [3.05, 3.63) is 89.8 Å². The number of allylic oxidation sites excluding steroid dienone is 2. The van der Waals surface area contributed by atoms with Gasteiger partial charge in [0.25, 0.3) is 11.8 Å². The van der Waals surface area contributed by atoms with Crippen molar-refractivity contribution >= 4 is 63.6 Å². The Kier molecular flexibility index (Phi) is 6.11. The summed E-state index contributed by atoms with van der Waals surface area (Å²) in [5.41, 5.74) is 2.75. The van der Waals surface area contributed by atoms with Crippen molar-refractivity contribution in [3.63, 3.8) is 0 Å². The molecule has 3 fully saturated rings. The summed E-state index contributed by atoms with van der Waals surface area (Å²) in [6.07, 6.45) is 1.64. The molecule has 12 heteroatoms. The summed E-state index contributed by atoms with van der Waals surface area (Å²) in [5, 5.41) is 10.8. The molecule has 1 saturated carbocycles. The zero-order chi connectivity index (χ0) is 32.3. The van der Waals surface area contributed by atoms with Crippen molar-refractivity contribution in [2.24, 2.45) is 17.8 Å². The third kappa shape index (κ3) is 3.59. The number of alkyl halides is 2. The summed E-state index contributed by atoms with van der Waals surface area (Å²) in [6.45, 7) is 0. The second kappa shape index (κ2) is 9.73. The van der Waals surface area contributed by atoms with Gasteiger partial charge in [-0.15, -0.1) is 23.2 Å². The van der Waals surface area contributed by atoms with Crippen LogP contribution < -0.4 is 4.90 Å². The molecule has 0 spiro atoms. The van der Waals surface area contributed by atoms with Crippen LogP contribution in [0.1, 0.15) is 24.3 Å². The van der Waals surface area contributed by atoms with Crippen LogP contribution in [0.3, 0.4) is 0 Å². The second-order valence-corrected chi connectivity index (χ2v) is 13.5. The summed E-state index contributed by atoms with van der Waals surface area (Å²) < 4.78 is 20.6. The number of amides is 4. The molecule has 8 rings (SSSR count). The number of fused-ring (bicyclic) bond motifs is 5. The van der Waals surface area contributed by atoms with Crippen LogP contribution in [0.5, 0.6) is 5.75 Å². The van der Waals surface area contributed by atoms with Gasteiger partial charge in [-0.3, -0.25) is 29.0 Å². The largest absolute Gasteiger partial charge is 0.505 e. The molecular formula is C34H24Cl2FN3O6. The van der Waals surface area contributed by atoms with E-state index in [0.29, 0.717) is 33.8 Å². The van der Waals surface area contributed by atoms with Crippen LogP contribution in [-0.4, -0.2) is 55.4 Å². The molecule has 0 unspecified atom stereocenters. The molecule has 46 heavy (non-hydrogen) atoms. The fourth-order valence-electron chi connectivity index (χ4n) is 7.86. The topological polar surface area (TPSA) is 121 Å². The number of halogens is 3. The molecule has 2 saturated heterocycles. The number of carbonyl (C=O) groups excluding carboxylic acids is 4. The molecule has 4 aliphatic rings. The van der Waals surface area contributed by atoms with E-state index in [1.165, 1.54) is 19.2 Å². The highest BCUT2D eigenvalue weighted by atomic mass is 35.5. The van der Waals surface area contributed by atoms with Gasteiger partial charge in [0, 0.05) is 24.1 Å². The van der Waals surface area contributed by atoms with E-state index in [-0.39, 0.29) is 18.4 Å². The maximum Gasteiger partial charge on any atom is 0.253 e. The number of oxazole rings is 1. The van der Waals surface area contributed by atoms with Gasteiger partial charge in [0.1, 0.15) is 5.52 Å². The number of aromatic nitrogens is 1. The molecule has 0 radical (unpaired) electrons. The molecule has 0 bridgehead atoms. The molecule has 1 aromatic heterocycles. The van der Waals surface area contributed by atoms with Gasteiger partial charge in [-0.25, -0.2) is 9.37 Å². The monoisotopic (exact) mass is 659 g/mol. The molecule has 232 valence electrons. The predicted octanol–water partition coefficient (Wildman–Crippen LogP) is 5.53. The van der Waals surface area contributed by atoms with Gasteiger partial charge in [-0.1, -0.05) is 35.9 Å². The number of rotatable bonds is 3. The summed E-state index contributed by atoms with van der Waals surface area (Å²) in [4.78, 5) is 57.6. The number of para-hydroxylation sites is 3. The number of aromatic hydroxyl groups is 1. The summed E-state index contributed by atoms with van der Waals surface area (Å²) >= 11 is 14.2. The summed E-state index contributed by atoms with van der Waals surface area (Å²) in [5.74, 6) is -7.52. The van der Waals surface area contributed by atoms with E-state index in [0.717, 1.165) is 15.9 Å². The smallest absolute Gasteiger partial charge is 0.253 e. The highest BCUT2D eigenvalue weighted by Crippen LogP contribution is 2.66. The van der Waals surface area contributed by atoms with E-state index in [2.05, 4.69) is 4.98 Å². The van der Waals surface area contributed by atoms with Gasteiger partial charge in [-0.05, 0) is 61.2 Å². The summed E-state index contributed by atoms with van der Waals surface area (Å²) in [6, 6.07) is 17.9. The van der Waals surface area contributed by atoms with E-state index in [1.807, 2.05) is 24.3 Å². The maximum absolute atomic E-state index is 14.7. The van der Waals surface area contributed by atoms with E-state index < -0.39 is 68.6 Å². The number of imide groups is 2. The normalized spacial score (nSPS) is 30.5. The van der Waals surface area contributed by atoms with Gasteiger partial charge in [0.2, 0.25) is 17.7 Å². The van der Waals surface area contributed by atoms with Crippen LogP contribution in [0, 0.1) is 23.6 Å². The van der Waals surface area contributed by atoms with Crippen LogP contribution in [0.2, 0.25) is 0 Å². The molecule has 4 amide bonds. The lowest BCUT2D eigenvalue weighted by Crippen LogP contribution is -2.60. The maximum atomic E-state index is 14.7. The minimum Gasteiger partial charge on any atom is -0.505 e. The first-order valence-electron chi connectivity index (χ1n) is 14.7. The van der Waals surface area contributed by atoms with Gasteiger partial charge < -0.3 is 9.52 Å². The molecule has 1 N–H and O–H groups in total. The Hall–Kier alpha value is -4.54. The first kappa shape index (κ1) is 28.9. The van der Waals surface area contributed by atoms with Crippen LogP contribution in [0.25, 0.3) is 22.6 Å². The Morgan fingerprint density at radius 1 is 0.935 bits per heavy atom. The van der Waals surface area contributed by atoms with Gasteiger partial charge >= 0.3 is 0 Å². The number of carbonyl (C=O) groups is 4. The van der Waals surface area contributed by atoms with E-state index in [9.17, 15) is 28.7 Å². The van der Waals surface area contributed by atoms with Crippen molar-refractivity contribution in [3.8, 4) is 17.2 Å². The number of phenolic OH excluding ortho intramolecular Hbond substituents is 1.